The van der Waals surface area contributed by atoms with Gasteiger partial charge in [0.1, 0.15) is 16.3 Å². The minimum Gasteiger partial charge on any atom is -0.258 e. The van der Waals surface area contributed by atoms with Crippen LogP contribution in [0.25, 0.3) is 5.08 Å². The maximum Gasteiger partial charge on any atom is 0.328 e. The Balaban J connectivity index is 3.37. The second kappa shape index (κ2) is 4.37. The molecule has 1 aromatic rings. The van der Waals surface area contributed by atoms with E-state index >= 15 is 0 Å². The van der Waals surface area contributed by atoms with Crippen molar-refractivity contribution in [2.75, 3.05) is 4.53 Å². The predicted octanol–water partition coefficient (Wildman–Crippen LogP) is 2.23. The van der Waals surface area contributed by atoms with E-state index in [1.54, 1.807) is 0 Å². The van der Waals surface area contributed by atoms with E-state index in [9.17, 15) is 20.2 Å². The van der Waals surface area contributed by atoms with E-state index in [0.717, 1.165) is 18.2 Å². The van der Waals surface area contributed by atoms with Gasteiger partial charge in [-0.3, -0.25) is 20.2 Å². The number of halogens is 1. The largest absolute Gasteiger partial charge is 0.328 e. The summed E-state index contributed by atoms with van der Waals surface area (Å²) in [5.74, 6) is 0. The van der Waals surface area contributed by atoms with Crippen molar-refractivity contribution in [2.45, 2.75) is 0 Å². The van der Waals surface area contributed by atoms with E-state index in [-0.39, 0.29) is 5.69 Å². The van der Waals surface area contributed by atoms with E-state index in [0.29, 0.717) is 4.53 Å². The Kier molecular flexibility index (Phi) is 3.17. The molecular formula is C6H3ClN5O4+. The second-order valence-electron chi connectivity index (χ2n) is 2.54. The lowest BCUT2D eigenvalue weighted by molar-refractivity contribution is -0.393. The molecule has 0 aromatic heterocycles. The Bertz CT molecular complexity index is 498. The molecule has 0 aliphatic rings. The minimum atomic E-state index is -0.872. The van der Waals surface area contributed by atoms with Crippen molar-refractivity contribution >= 4 is 28.8 Å². The van der Waals surface area contributed by atoms with Crippen LogP contribution in [-0.4, -0.2) is 9.85 Å². The van der Waals surface area contributed by atoms with Gasteiger partial charge in [0.2, 0.25) is 5.69 Å². The van der Waals surface area contributed by atoms with Gasteiger partial charge in [0, 0.05) is 6.07 Å². The van der Waals surface area contributed by atoms with Crippen molar-refractivity contribution in [3.63, 3.8) is 0 Å². The molecule has 0 aliphatic heterocycles. The summed E-state index contributed by atoms with van der Waals surface area (Å²) in [7, 11) is 0. The number of nitro groups is 2. The molecule has 16 heavy (non-hydrogen) atoms. The summed E-state index contributed by atoms with van der Waals surface area (Å²) >= 11 is 5.31. The van der Waals surface area contributed by atoms with Crippen molar-refractivity contribution in [2.24, 2.45) is 0 Å². The fraction of sp³-hybridized carbons (Fsp3) is 0. The summed E-state index contributed by atoms with van der Waals surface area (Å²) in [6.45, 7) is 0. The molecule has 0 N–H and O–H groups in total. The Morgan fingerprint density at radius 3 is 2.38 bits per heavy atom. The zero-order valence-corrected chi connectivity index (χ0v) is 8.24. The van der Waals surface area contributed by atoms with Crippen LogP contribution in [0, 0.1) is 25.6 Å². The van der Waals surface area contributed by atoms with Crippen LogP contribution in [0.1, 0.15) is 0 Å². The van der Waals surface area contributed by atoms with Crippen LogP contribution in [0.4, 0.5) is 17.1 Å². The van der Waals surface area contributed by atoms with Crippen molar-refractivity contribution in [1.29, 1.82) is 5.39 Å². The molecular weight excluding hydrogens is 242 g/mol. The molecule has 10 heteroatoms. The molecule has 0 atom stereocenters. The molecule has 0 amide bonds. The molecule has 0 spiro atoms. The first-order valence-corrected chi connectivity index (χ1v) is 4.05. The molecule has 1 aromatic carbocycles. The molecule has 0 saturated heterocycles. The average molecular weight is 245 g/mol. The van der Waals surface area contributed by atoms with Crippen LogP contribution in [0.5, 0.6) is 0 Å². The predicted molar refractivity (Wildman–Crippen MR) is 53.2 cm³/mol. The van der Waals surface area contributed by atoms with Gasteiger partial charge in [-0.05, 0) is 6.07 Å². The number of anilines is 1. The van der Waals surface area contributed by atoms with Gasteiger partial charge in [-0.15, -0.1) is 0 Å². The highest BCUT2D eigenvalue weighted by Gasteiger charge is 2.28. The lowest BCUT2D eigenvalue weighted by Gasteiger charge is -1.97. The summed E-state index contributed by atoms with van der Waals surface area (Å²) in [5, 5.41) is 31.8. The zero-order chi connectivity index (χ0) is 12.3. The molecule has 0 aliphatic carbocycles. The van der Waals surface area contributed by atoms with E-state index in [4.69, 9.17) is 17.2 Å². The average Bonchev–Trinajstić information content (AvgIpc) is 2.26. The molecule has 0 unspecified atom stereocenters. The quantitative estimate of drug-likeness (QED) is 0.348. The highest BCUT2D eigenvalue weighted by molar-refractivity contribution is 6.26. The summed E-state index contributed by atoms with van der Waals surface area (Å²) < 4.78 is 0.307. The molecule has 0 radical (unpaired) electrons. The van der Waals surface area contributed by atoms with E-state index < -0.39 is 21.2 Å². The smallest absolute Gasteiger partial charge is 0.258 e. The molecule has 0 heterocycles. The normalized spacial score (nSPS) is 9.25. The number of nitrogens with zero attached hydrogens (tertiary/aromatic N) is 5. The monoisotopic (exact) mass is 244 g/mol. The van der Waals surface area contributed by atoms with E-state index in [1.165, 1.54) is 0 Å². The maximum atomic E-state index is 10.6. The van der Waals surface area contributed by atoms with Gasteiger partial charge < -0.3 is 0 Å². The molecule has 0 fully saturated rings. The number of non-ortho nitro benzene ring substituents is 1. The topological polar surface area (TPSA) is 118 Å². The summed E-state index contributed by atoms with van der Waals surface area (Å²) in [6, 6.07) is 2.72. The molecule has 0 saturated carbocycles. The lowest BCUT2D eigenvalue weighted by Crippen LogP contribution is -2.02. The van der Waals surface area contributed by atoms with E-state index in [2.05, 4.69) is 5.08 Å². The molecule has 82 valence electrons. The van der Waals surface area contributed by atoms with Crippen LogP contribution < -0.4 is 4.53 Å². The van der Waals surface area contributed by atoms with Gasteiger partial charge >= 0.3 is 10.8 Å². The highest BCUT2D eigenvalue weighted by Crippen LogP contribution is 2.33. The molecule has 0 bridgehead atoms. The van der Waals surface area contributed by atoms with Gasteiger partial charge in [-0.1, -0.05) is 0 Å². The highest BCUT2D eigenvalue weighted by atomic mass is 35.5. The molecule has 9 nitrogen and oxygen atoms in total. The summed E-state index contributed by atoms with van der Waals surface area (Å²) in [5.41, 5.74) is -1.37. The Morgan fingerprint density at radius 1 is 1.31 bits per heavy atom. The van der Waals surface area contributed by atoms with Gasteiger partial charge in [0.05, 0.1) is 15.9 Å². The Labute approximate surface area is 92.8 Å². The molecule has 1 rings (SSSR count). The number of benzene rings is 1. The van der Waals surface area contributed by atoms with Crippen molar-refractivity contribution in [3.8, 4) is 0 Å². The first kappa shape index (κ1) is 11.6. The van der Waals surface area contributed by atoms with Crippen molar-refractivity contribution < 1.29 is 9.85 Å². The Hall–Kier alpha value is -2.47. The van der Waals surface area contributed by atoms with Gasteiger partial charge in [0.15, 0.2) is 0 Å². The summed E-state index contributed by atoms with van der Waals surface area (Å²) in [4.78, 5) is 19.3. The number of hydrogen-bond acceptors (Lipinski definition) is 6. The van der Waals surface area contributed by atoms with Crippen LogP contribution in [0.15, 0.2) is 18.2 Å². The van der Waals surface area contributed by atoms with Crippen LogP contribution in [-0.2, 0) is 0 Å². The number of diazo groups is 1. The lowest BCUT2D eigenvalue weighted by atomic mass is 10.2. The third-order valence-corrected chi connectivity index (χ3v) is 1.89. The van der Waals surface area contributed by atoms with Crippen LogP contribution in [0.2, 0.25) is 0 Å². The van der Waals surface area contributed by atoms with Crippen molar-refractivity contribution in [3.05, 3.63) is 43.5 Å². The fourth-order valence-electron chi connectivity index (χ4n) is 0.976. The standard InChI is InChI=1S/C6H3ClN5O4/c7-10(9-8)5-2-1-4(11(13)14)3-6(5)12(15)16/h1-3H/q+1. The summed E-state index contributed by atoms with van der Waals surface area (Å²) in [6.07, 6.45) is 0. The number of hydrogen-bond donors (Lipinski definition) is 0. The number of rotatable bonds is 3. The second-order valence-corrected chi connectivity index (χ2v) is 2.86. The minimum absolute atomic E-state index is 0.278. The number of nitro benzene ring substituents is 2. The first-order chi connectivity index (χ1) is 7.47. The van der Waals surface area contributed by atoms with E-state index in [1.807, 2.05) is 0 Å². The zero-order valence-electron chi connectivity index (χ0n) is 7.48. The van der Waals surface area contributed by atoms with Gasteiger partial charge in [0.25, 0.3) is 11.1 Å². The van der Waals surface area contributed by atoms with Crippen LogP contribution >= 0.6 is 11.8 Å². The van der Waals surface area contributed by atoms with Gasteiger partial charge in [-0.2, -0.15) is 0 Å². The first-order valence-electron chi connectivity index (χ1n) is 3.71. The van der Waals surface area contributed by atoms with Crippen LogP contribution in [0.3, 0.4) is 0 Å². The van der Waals surface area contributed by atoms with Crippen molar-refractivity contribution in [1.82, 2.24) is 0 Å². The third kappa shape index (κ3) is 2.12. The Morgan fingerprint density at radius 2 is 1.94 bits per heavy atom. The SMILES string of the molecule is N#[N+]N(Cl)c1ccc([N+](=O)[O-])cc1[N+](=O)[O-]. The fourth-order valence-corrected chi connectivity index (χ4v) is 1.12. The third-order valence-electron chi connectivity index (χ3n) is 1.64. The van der Waals surface area contributed by atoms with Gasteiger partial charge in [-0.25, -0.2) is 0 Å². The maximum absolute atomic E-state index is 10.6.